The number of halogens is 6. The number of likely N-dealkylation sites (tertiary alicyclic amines) is 2. The van der Waals surface area contributed by atoms with Gasteiger partial charge in [0.05, 0.1) is 13.7 Å². The second-order valence-electron chi connectivity index (χ2n) is 8.78. The summed E-state index contributed by atoms with van der Waals surface area (Å²) in [6.45, 7) is 5.32. The first-order valence-electron chi connectivity index (χ1n) is 11.0. The Bertz CT molecular complexity index is 851. The summed E-state index contributed by atoms with van der Waals surface area (Å²) in [5.41, 5.74) is 1.68. The van der Waals surface area contributed by atoms with Crippen LogP contribution < -0.4 is 4.74 Å². The first-order chi connectivity index (χ1) is 17.0. The predicted octanol–water partition coefficient (Wildman–Crippen LogP) is 3.29. The number of pyridine rings is 1. The molecule has 9 nitrogen and oxygen atoms in total. The van der Waals surface area contributed by atoms with Gasteiger partial charge in [-0.2, -0.15) is 26.3 Å². The van der Waals surface area contributed by atoms with Gasteiger partial charge in [-0.1, -0.05) is 6.07 Å². The van der Waals surface area contributed by atoms with Crippen molar-refractivity contribution in [3.8, 4) is 5.88 Å². The van der Waals surface area contributed by atoms with Gasteiger partial charge in [-0.25, -0.2) is 14.6 Å². The van der Waals surface area contributed by atoms with E-state index in [0.29, 0.717) is 11.5 Å². The molecule has 0 aromatic carbocycles. The van der Waals surface area contributed by atoms with Crippen LogP contribution in [0.25, 0.3) is 0 Å². The van der Waals surface area contributed by atoms with Gasteiger partial charge in [-0.15, -0.1) is 0 Å². The molecule has 212 valence electrons. The summed E-state index contributed by atoms with van der Waals surface area (Å²) in [6, 6.07) is 4.70. The maximum absolute atomic E-state index is 10.6. The number of carboxylic acids is 2. The van der Waals surface area contributed by atoms with Gasteiger partial charge in [0.25, 0.3) is 0 Å². The first-order valence-corrected chi connectivity index (χ1v) is 11.0. The molecule has 1 atom stereocenters. The van der Waals surface area contributed by atoms with Crippen molar-refractivity contribution in [2.45, 2.75) is 44.2 Å². The molecule has 2 saturated heterocycles. The molecular formula is C22H31F6N3O6. The first kappa shape index (κ1) is 32.4. The molecule has 15 heteroatoms. The van der Waals surface area contributed by atoms with Crippen LogP contribution in [0.3, 0.4) is 0 Å². The molecule has 2 N–H and O–H groups in total. The van der Waals surface area contributed by atoms with Crippen LogP contribution in [0, 0.1) is 5.41 Å². The molecule has 0 amide bonds. The fourth-order valence-electron chi connectivity index (χ4n) is 4.27. The normalized spacial score (nSPS) is 19.9. The Morgan fingerprint density at radius 3 is 2.03 bits per heavy atom. The molecule has 37 heavy (non-hydrogen) atoms. The lowest BCUT2D eigenvalue weighted by atomic mass is 9.76. The summed E-state index contributed by atoms with van der Waals surface area (Å²) in [6.07, 6.45) is -4.54. The van der Waals surface area contributed by atoms with E-state index in [9.17, 15) is 26.3 Å². The number of likely N-dealkylation sites (N-methyl/N-ethyl adjacent to an activating group) is 1. The van der Waals surface area contributed by atoms with Gasteiger partial charge < -0.3 is 24.6 Å². The lowest BCUT2D eigenvalue weighted by molar-refractivity contribution is -0.193. The van der Waals surface area contributed by atoms with E-state index in [1.165, 1.54) is 31.4 Å². The maximum Gasteiger partial charge on any atom is 0.490 e. The zero-order valence-corrected chi connectivity index (χ0v) is 20.6. The second kappa shape index (κ2) is 13.8. The minimum Gasteiger partial charge on any atom is -0.481 e. The van der Waals surface area contributed by atoms with Gasteiger partial charge in [0.15, 0.2) is 0 Å². The standard InChI is InChI=1S/C18H29N3O2.2C2HF3O2/c1-20-14-18(11-16(20)13-22-2)6-9-21(10-7-18)12-15-5-4-8-19-17(15)23-3;2*3-2(4,5)1(6)7/h4-5,8,16H,6-7,9-14H2,1-3H3;2*(H,6,7). The van der Waals surface area contributed by atoms with Gasteiger partial charge in [0, 0.05) is 38.0 Å². The minimum atomic E-state index is -5.08. The van der Waals surface area contributed by atoms with Crippen molar-refractivity contribution in [3.63, 3.8) is 0 Å². The zero-order chi connectivity index (χ0) is 28.4. The van der Waals surface area contributed by atoms with Crippen molar-refractivity contribution < 1.29 is 55.6 Å². The van der Waals surface area contributed by atoms with E-state index in [0.717, 1.165) is 32.1 Å². The van der Waals surface area contributed by atoms with E-state index < -0.39 is 24.3 Å². The van der Waals surface area contributed by atoms with E-state index in [4.69, 9.17) is 29.3 Å². The fraction of sp³-hybridized carbons (Fsp3) is 0.682. The van der Waals surface area contributed by atoms with Crippen LogP contribution in [-0.4, -0.2) is 103 Å². The summed E-state index contributed by atoms with van der Waals surface area (Å²) in [7, 11) is 5.75. The third-order valence-corrected chi connectivity index (χ3v) is 6.07. The average Bonchev–Trinajstić information content (AvgIpc) is 3.10. The van der Waals surface area contributed by atoms with Crippen LogP contribution in [0.2, 0.25) is 0 Å². The number of alkyl halides is 6. The highest BCUT2D eigenvalue weighted by atomic mass is 19.4. The van der Waals surface area contributed by atoms with E-state index in [-0.39, 0.29) is 0 Å². The Morgan fingerprint density at radius 1 is 1.08 bits per heavy atom. The van der Waals surface area contributed by atoms with Gasteiger partial charge in [-0.05, 0) is 50.9 Å². The van der Waals surface area contributed by atoms with Crippen LogP contribution in [0.1, 0.15) is 24.8 Å². The van der Waals surface area contributed by atoms with Gasteiger partial charge in [0.2, 0.25) is 5.88 Å². The maximum atomic E-state index is 10.6. The van der Waals surface area contributed by atoms with Crippen molar-refractivity contribution in [1.29, 1.82) is 0 Å². The molecule has 0 bridgehead atoms. The molecule has 0 aliphatic carbocycles. The molecule has 2 fully saturated rings. The Labute approximate surface area is 210 Å². The van der Waals surface area contributed by atoms with E-state index in [1.807, 2.05) is 13.2 Å². The van der Waals surface area contributed by atoms with Crippen molar-refractivity contribution in [3.05, 3.63) is 23.9 Å². The SMILES string of the molecule is COCC1CC2(CCN(Cc3cccnc3OC)CC2)CN1C.O=C(O)C(F)(F)F.O=C(O)C(F)(F)F. The number of hydrogen-bond donors (Lipinski definition) is 2. The highest BCUT2D eigenvalue weighted by Gasteiger charge is 2.44. The molecule has 2 aliphatic heterocycles. The van der Waals surface area contributed by atoms with Gasteiger partial charge >= 0.3 is 24.3 Å². The molecular weight excluding hydrogens is 516 g/mol. The average molecular weight is 547 g/mol. The molecule has 0 radical (unpaired) electrons. The molecule has 0 saturated carbocycles. The number of aromatic nitrogens is 1. The number of hydrogen-bond acceptors (Lipinski definition) is 7. The Kier molecular flexibility index (Phi) is 12.0. The molecule has 1 aromatic rings. The lowest BCUT2D eigenvalue weighted by Crippen LogP contribution is -2.40. The van der Waals surface area contributed by atoms with E-state index in [1.54, 1.807) is 13.3 Å². The van der Waals surface area contributed by atoms with Crippen molar-refractivity contribution in [1.82, 2.24) is 14.8 Å². The Hall–Kier alpha value is -2.65. The number of methoxy groups -OCH3 is 2. The molecule has 1 aromatic heterocycles. The van der Waals surface area contributed by atoms with Crippen LogP contribution in [0.15, 0.2) is 18.3 Å². The number of piperidine rings is 1. The number of nitrogens with zero attached hydrogens (tertiary/aromatic N) is 3. The molecule has 1 unspecified atom stereocenters. The number of aliphatic carboxylic acids is 2. The molecule has 1 spiro atoms. The summed E-state index contributed by atoms with van der Waals surface area (Å²) in [5.74, 6) is -4.76. The third kappa shape index (κ3) is 10.7. The fourth-order valence-corrected chi connectivity index (χ4v) is 4.27. The van der Waals surface area contributed by atoms with Crippen molar-refractivity contribution in [2.75, 3.05) is 47.5 Å². The smallest absolute Gasteiger partial charge is 0.481 e. The summed E-state index contributed by atoms with van der Waals surface area (Å²) in [5, 5.41) is 14.2. The van der Waals surface area contributed by atoms with Gasteiger partial charge in [-0.3, -0.25) is 4.90 Å². The quantitative estimate of drug-likeness (QED) is 0.537. The predicted molar refractivity (Wildman–Crippen MR) is 118 cm³/mol. The van der Waals surface area contributed by atoms with Crippen molar-refractivity contribution in [2.24, 2.45) is 5.41 Å². The van der Waals surface area contributed by atoms with Crippen LogP contribution in [-0.2, 0) is 20.9 Å². The number of carboxylic acid groups (broad SMARTS) is 2. The lowest BCUT2D eigenvalue weighted by Gasteiger charge is -2.39. The number of rotatable bonds is 5. The second-order valence-corrected chi connectivity index (χ2v) is 8.78. The number of ether oxygens (including phenoxy) is 2. The monoisotopic (exact) mass is 547 g/mol. The minimum absolute atomic E-state index is 0.494. The summed E-state index contributed by atoms with van der Waals surface area (Å²) in [4.78, 5) is 27.1. The Balaban J connectivity index is 0.000000404. The molecule has 3 rings (SSSR count). The third-order valence-electron chi connectivity index (χ3n) is 6.07. The van der Waals surface area contributed by atoms with E-state index >= 15 is 0 Å². The highest BCUT2D eigenvalue weighted by molar-refractivity contribution is 5.73. The Morgan fingerprint density at radius 2 is 1.59 bits per heavy atom. The topological polar surface area (TPSA) is 112 Å². The highest BCUT2D eigenvalue weighted by Crippen LogP contribution is 2.43. The van der Waals surface area contributed by atoms with Crippen LogP contribution >= 0.6 is 0 Å². The van der Waals surface area contributed by atoms with E-state index in [2.05, 4.69) is 27.9 Å². The molecule has 3 heterocycles. The van der Waals surface area contributed by atoms with Gasteiger partial charge in [0.1, 0.15) is 0 Å². The molecule has 2 aliphatic rings. The van der Waals surface area contributed by atoms with Crippen molar-refractivity contribution >= 4 is 11.9 Å². The largest absolute Gasteiger partial charge is 0.490 e. The van der Waals surface area contributed by atoms with Crippen LogP contribution in [0.5, 0.6) is 5.88 Å². The zero-order valence-electron chi connectivity index (χ0n) is 20.6. The number of carbonyl (C=O) groups is 2. The summed E-state index contributed by atoms with van der Waals surface area (Å²) < 4.78 is 74.2. The van der Waals surface area contributed by atoms with Crippen LogP contribution in [0.4, 0.5) is 26.3 Å². The summed E-state index contributed by atoms with van der Waals surface area (Å²) >= 11 is 0.